The Balaban J connectivity index is 2.20. The van der Waals surface area contributed by atoms with Gasteiger partial charge in [-0.3, -0.25) is 4.79 Å². The molecular weight excluding hydrogens is 176 g/mol. The van der Waals surface area contributed by atoms with Gasteiger partial charge in [-0.1, -0.05) is 18.2 Å². The summed E-state index contributed by atoms with van der Waals surface area (Å²) in [5, 5.41) is 5.59. The van der Waals surface area contributed by atoms with Gasteiger partial charge < -0.3 is 0 Å². The quantitative estimate of drug-likeness (QED) is 0.662. The lowest BCUT2D eigenvalue weighted by Gasteiger charge is -2.17. The van der Waals surface area contributed by atoms with Crippen LogP contribution in [0.5, 0.6) is 0 Å². The number of hydrogen-bond acceptors (Lipinski definition) is 2. The van der Waals surface area contributed by atoms with E-state index in [1.165, 1.54) is 5.01 Å². The van der Waals surface area contributed by atoms with Gasteiger partial charge in [0.1, 0.15) is 0 Å². The van der Waals surface area contributed by atoms with E-state index in [1.54, 1.807) is 6.21 Å². The molecule has 1 aromatic carbocycles. The molecule has 0 saturated heterocycles. The Morgan fingerprint density at radius 3 is 2.71 bits per heavy atom. The van der Waals surface area contributed by atoms with Crippen LogP contribution < -0.4 is 0 Å². The maximum absolute atomic E-state index is 11.9. The minimum atomic E-state index is -0.0214. The average Bonchev–Trinajstić information content (AvgIpc) is 2.65. The van der Waals surface area contributed by atoms with E-state index in [4.69, 9.17) is 0 Å². The summed E-state index contributed by atoms with van der Waals surface area (Å²) < 4.78 is 0. The molecule has 72 valence electrons. The van der Waals surface area contributed by atoms with E-state index in [0.717, 1.165) is 6.42 Å². The van der Waals surface area contributed by atoms with Crippen LogP contribution in [0.4, 0.5) is 0 Å². The topological polar surface area (TPSA) is 32.7 Å². The van der Waals surface area contributed by atoms with Crippen molar-refractivity contribution >= 4 is 12.1 Å². The first kappa shape index (κ1) is 8.94. The van der Waals surface area contributed by atoms with Crippen molar-refractivity contribution in [3.63, 3.8) is 0 Å². The third-order valence-corrected chi connectivity index (χ3v) is 2.30. The van der Waals surface area contributed by atoms with Gasteiger partial charge in [-0.15, -0.1) is 0 Å². The highest BCUT2D eigenvalue weighted by atomic mass is 16.2. The van der Waals surface area contributed by atoms with Gasteiger partial charge in [-0.2, -0.15) is 5.10 Å². The summed E-state index contributed by atoms with van der Waals surface area (Å²) in [5.41, 5.74) is 0.693. The molecule has 0 radical (unpaired) electrons. The molecule has 0 aromatic heterocycles. The number of nitrogens with zero attached hydrogens (tertiary/aromatic N) is 2. The molecule has 1 amide bonds. The van der Waals surface area contributed by atoms with E-state index < -0.39 is 0 Å². The fraction of sp³-hybridized carbons (Fsp3) is 0.273. The minimum Gasteiger partial charge on any atom is -0.267 e. The van der Waals surface area contributed by atoms with Gasteiger partial charge >= 0.3 is 0 Å². The summed E-state index contributed by atoms with van der Waals surface area (Å²) in [6, 6.07) is 9.41. The van der Waals surface area contributed by atoms with Crippen LogP contribution in [-0.4, -0.2) is 23.2 Å². The molecule has 0 unspecified atom stereocenters. The third kappa shape index (κ3) is 1.53. The fourth-order valence-corrected chi connectivity index (χ4v) is 1.47. The van der Waals surface area contributed by atoms with Crippen LogP contribution in [0, 0.1) is 0 Å². The van der Waals surface area contributed by atoms with Crippen molar-refractivity contribution in [2.75, 3.05) is 0 Å². The van der Waals surface area contributed by atoms with Crippen molar-refractivity contribution in [1.82, 2.24) is 5.01 Å². The number of amides is 1. The molecule has 1 aliphatic heterocycles. The number of carbonyl (C=O) groups excluding carboxylic acids is 1. The summed E-state index contributed by atoms with van der Waals surface area (Å²) in [4.78, 5) is 11.9. The molecule has 1 aliphatic rings. The van der Waals surface area contributed by atoms with E-state index in [-0.39, 0.29) is 11.9 Å². The predicted molar refractivity (Wildman–Crippen MR) is 55.2 cm³/mol. The molecule has 0 spiro atoms. The lowest BCUT2D eigenvalue weighted by atomic mass is 10.2. The number of rotatable bonds is 1. The highest BCUT2D eigenvalue weighted by Gasteiger charge is 2.23. The second-order valence-electron chi connectivity index (χ2n) is 3.40. The van der Waals surface area contributed by atoms with Crippen molar-refractivity contribution < 1.29 is 4.79 Å². The van der Waals surface area contributed by atoms with Crippen molar-refractivity contribution in [3.05, 3.63) is 35.9 Å². The van der Waals surface area contributed by atoms with Crippen molar-refractivity contribution in [2.24, 2.45) is 5.10 Å². The minimum absolute atomic E-state index is 0.0214. The molecule has 2 rings (SSSR count). The molecule has 0 bridgehead atoms. The van der Waals surface area contributed by atoms with E-state index in [1.807, 2.05) is 37.3 Å². The third-order valence-electron chi connectivity index (χ3n) is 2.30. The Kier molecular flexibility index (Phi) is 2.31. The Morgan fingerprint density at radius 1 is 1.43 bits per heavy atom. The molecule has 0 fully saturated rings. The van der Waals surface area contributed by atoms with E-state index in [9.17, 15) is 4.79 Å². The number of carbonyl (C=O) groups is 1. The highest BCUT2D eigenvalue weighted by molar-refractivity contribution is 5.95. The Bertz CT molecular complexity index is 359. The molecular formula is C11H12N2O. The van der Waals surface area contributed by atoms with Crippen LogP contribution in [0.25, 0.3) is 0 Å². The highest BCUT2D eigenvalue weighted by Crippen LogP contribution is 2.14. The molecule has 14 heavy (non-hydrogen) atoms. The van der Waals surface area contributed by atoms with E-state index in [2.05, 4.69) is 5.10 Å². The summed E-state index contributed by atoms with van der Waals surface area (Å²) in [7, 11) is 0. The molecule has 1 heterocycles. The Hall–Kier alpha value is -1.64. The molecule has 1 atom stereocenters. The van der Waals surface area contributed by atoms with E-state index in [0.29, 0.717) is 5.56 Å². The van der Waals surface area contributed by atoms with Crippen LogP contribution in [0.3, 0.4) is 0 Å². The first-order chi connectivity index (χ1) is 6.79. The van der Waals surface area contributed by atoms with Crippen LogP contribution in [0.15, 0.2) is 35.4 Å². The largest absolute Gasteiger partial charge is 0.274 e. The molecule has 1 aromatic rings. The van der Waals surface area contributed by atoms with Gasteiger partial charge in [0, 0.05) is 18.2 Å². The number of hydrogen-bond donors (Lipinski definition) is 0. The second kappa shape index (κ2) is 3.62. The lowest BCUT2D eigenvalue weighted by Crippen LogP contribution is -2.30. The average molecular weight is 188 g/mol. The first-order valence-electron chi connectivity index (χ1n) is 4.70. The second-order valence-corrected chi connectivity index (χ2v) is 3.40. The number of hydrazone groups is 1. The summed E-state index contributed by atoms with van der Waals surface area (Å²) in [5.74, 6) is -0.0214. The Labute approximate surface area is 83.0 Å². The maximum Gasteiger partial charge on any atom is 0.274 e. The van der Waals surface area contributed by atoms with Gasteiger partial charge in [-0.25, -0.2) is 5.01 Å². The fourth-order valence-electron chi connectivity index (χ4n) is 1.47. The van der Waals surface area contributed by atoms with Crippen molar-refractivity contribution in [1.29, 1.82) is 0 Å². The number of benzene rings is 1. The van der Waals surface area contributed by atoms with Crippen LogP contribution >= 0.6 is 0 Å². The van der Waals surface area contributed by atoms with Gasteiger partial charge in [0.15, 0.2) is 0 Å². The Morgan fingerprint density at radius 2 is 2.14 bits per heavy atom. The van der Waals surface area contributed by atoms with E-state index >= 15 is 0 Å². The molecule has 0 saturated carbocycles. The zero-order valence-electron chi connectivity index (χ0n) is 8.05. The zero-order valence-corrected chi connectivity index (χ0v) is 8.05. The van der Waals surface area contributed by atoms with Gasteiger partial charge in [-0.05, 0) is 19.1 Å². The maximum atomic E-state index is 11.9. The van der Waals surface area contributed by atoms with Crippen LogP contribution in [0.2, 0.25) is 0 Å². The van der Waals surface area contributed by atoms with Gasteiger partial charge in [0.2, 0.25) is 0 Å². The van der Waals surface area contributed by atoms with Crippen LogP contribution in [-0.2, 0) is 0 Å². The lowest BCUT2D eigenvalue weighted by molar-refractivity contribution is 0.0725. The van der Waals surface area contributed by atoms with Gasteiger partial charge in [0.25, 0.3) is 5.91 Å². The molecule has 3 nitrogen and oxygen atoms in total. The predicted octanol–water partition coefficient (Wildman–Crippen LogP) is 1.91. The molecule has 0 aliphatic carbocycles. The molecule has 0 N–H and O–H groups in total. The van der Waals surface area contributed by atoms with Crippen molar-refractivity contribution in [2.45, 2.75) is 19.4 Å². The SMILES string of the molecule is C[C@@H]1CC=NN1C(=O)c1ccccc1. The van der Waals surface area contributed by atoms with Gasteiger partial charge in [0.05, 0.1) is 6.04 Å². The van der Waals surface area contributed by atoms with Crippen LogP contribution in [0.1, 0.15) is 23.7 Å². The smallest absolute Gasteiger partial charge is 0.267 e. The summed E-state index contributed by atoms with van der Waals surface area (Å²) in [6.45, 7) is 1.99. The zero-order chi connectivity index (χ0) is 9.97. The first-order valence-corrected chi connectivity index (χ1v) is 4.70. The molecule has 3 heteroatoms. The van der Waals surface area contributed by atoms with Crippen molar-refractivity contribution in [3.8, 4) is 0 Å². The normalized spacial score (nSPS) is 20.1. The monoisotopic (exact) mass is 188 g/mol. The summed E-state index contributed by atoms with van der Waals surface area (Å²) in [6.07, 6.45) is 2.63. The summed E-state index contributed by atoms with van der Waals surface area (Å²) >= 11 is 0. The standard InChI is InChI=1S/C11H12N2O/c1-9-7-8-12-13(9)11(14)10-5-3-2-4-6-10/h2-6,8-9H,7H2,1H3/t9-/m1/s1.